The number of methoxy groups -OCH3 is 1. The minimum atomic E-state index is -0.273. The van der Waals surface area contributed by atoms with Gasteiger partial charge in [0.25, 0.3) is 0 Å². The molecule has 0 aromatic carbocycles. The molecule has 2 N–H and O–H groups in total. The predicted octanol–water partition coefficient (Wildman–Crippen LogP) is -0.867. The molecule has 0 bridgehead atoms. The summed E-state index contributed by atoms with van der Waals surface area (Å²) in [5, 5.41) is 0. The van der Waals surface area contributed by atoms with Gasteiger partial charge in [0.2, 0.25) is 0 Å². The van der Waals surface area contributed by atoms with Crippen molar-refractivity contribution in [3.8, 4) is 0 Å². The van der Waals surface area contributed by atoms with E-state index < -0.39 is 0 Å². The maximum atomic E-state index is 10.8. The third kappa shape index (κ3) is 1.27. The number of esters is 1. The van der Waals surface area contributed by atoms with Crippen LogP contribution in [0.4, 0.5) is 0 Å². The minimum Gasteiger partial charge on any atom is -0.469 e. The number of ether oxygens (including phenoxy) is 2. The van der Waals surface area contributed by atoms with Crippen LogP contribution in [0.5, 0.6) is 0 Å². The first kappa shape index (κ1) is 7.50. The van der Waals surface area contributed by atoms with Crippen LogP contribution in [0.25, 0.3) is 0 Å². The van der Waals surface area contributed by atoms with Gasteiger partial charge in [0.1, 0.15) is 0 Å². The highest BCUT2D eigenvalue weighted by Crippen LogP contribution is 2.12. The van der Waals surface area contributed by atoms with E-state index in [0.29, 0.717) is 13.2 Å². The summed E-state index contributed by atoms with van der Waals surface area (Å²) in [7, 11) is 1.35. The van der Waals surface area contributed by atoms with Crippen LogP contribution in [0.3, 0.4) is 0 Å². The fourth-order valence-electron chi connectivity index (χ4n) is 0.965. The maximum Gasteiger partial charge on any atom is 0.312 e. The second-order valence-electron chi connectivity index (χ2n) is 2.33. The molecule has 0 amide bonds. The molecule has 58 valence electrons. The van der Waals surface area contributed by atoms with Gasteiger partial charge in [-0.3, -0.25) is 4.79 Å². The van der Waals surface area contributed by atoms with Crippen molar-refractivity contribution in [2.45, 2.75) is 6.04 Å². The molecule has 4 nitrogen and oxygen atoms in total. The van der Waals surface area contributed by atoms with Gasteiger partial charge in [-0.25, -0.2) is 0 Å². The van der Waals surface area contributed by atoms with Gasteiger partial charge >= 0.3 is 5.97 Å². The van der Waals surface area contributed by atoms with Gasteiger partial charge in [-0.2, -0.15) is 0 Å². The third-order valence-electron chi connectivity index (χ3n) is 1.63. The molecule has 0 unspecified atom stereocenters. The van der Waals surface area contributed by atoms with Crippen molar-refractivity contribution in [1.29, 1.82) is 0 Å². The van der Waals surface area contributed by atoms with E-state index in [9.17, 15) is 4.79 Å². The molecule has 1 fully saturated rings. The van der Waals surface area contributed by atoms with E-state index in [1.807, 2.05) is 0 Å². The summed E-state index contributed by atoms with van der Waals surface area (Å²) in [6.07, 6.45) is 0. The van der Waals surface area contributed by atoms with Crippen molar-refractivity contribution in [2.24, 2.45) is 11.7 Å². The highest BCUT2D eigenvalue weighted by Gasteiger charge is 2.31. The summed E-state index contributed by atoms with van der Waals surface area (Å²) in [6, 6.07) is -0.188. The predicted molar refractivity (Wildman–Crippen MR) is 34.3 cm³/mol. The number of rotatable bonds is 1. The summed E-state index contributed by atoms with van der Waals surface area (Å²) < 4.78 is 9.47. The Bertz CT molecular complexity index is 137. The highest BCUT2D eigenvalue weighted by molar-refractivity contribution is 5.73. The van der Waals surface area contributed by atoms with Crippen LogP contribution in [0, 0.1) is 5.92 Å². The fourth-order valence-corrected chi connectivity index (χ4v) is 0.965. The van der Waals surface area contributed by atoms with Crippen molar-refractivity contribution in [2.75, 3.05) is 20.3 Å². The molecule has 0 aliphatic carbocycles. The van der Waals surface area contributed by atoms with Crippen LogP contribution >= 0.6 is 0 Å². The van der Waals surface area contributed by atoms with Gasteiger partial charge in [-0.15, -0.1) is 0 Å². The topological polar surface area (TPSA) is 61.5 Å². The zero-order valence-electron chi connectivity index (χ0n) is 5.87. The minimum absolute atomic E-state index is 0.188. The molecule has 0 radical (unpaired) electrons. The van der Waals surface area contributed by atoms with E-state index in [-0.39, 0.29) is 17.9 Å². The Morgan fingerprint density at radius 2 is 2.40 bits per heavy atom. The third-order valence-corrected chi connectivity index (χ3v) is 1.63. The van der Waals surface area contributed by atoms with Crippen LogP contribution in [0.1, 0.15) is 0 Å². The molecule has 1 saturated heterocycles. The summed E-state index contributed by atoms with van der Waals surface area (Å²) in [4.78, 5) is 10.8. The maximum absolute atomic E-state index is 10.8. The molecule has 0 aromatic rings. The SMILES string of the molecule is COC(=O)[C@@H]1COC[C@H]1N. The summed E-state index contributed by atoms with van der Waals surface area (Å²) in [5.74, 6) is -0.532. The molecule has 0 aromatic heterocycles. The van der Waals surface area contributed by atoms with Crippen molar-refractivity contribution in [3.05, 3.63) is 0 Å². The highest BCUT2D eigenvalue weighted by atomic mass is 16.5. The Kier molecular flexibility index (Phi) is 2.24. The van der Waals surface area contributed by atoms with Crippen LogP contribution in [0.15, 0.2) is 0 Å². The largest absolute Gasteiger partial charge is 0.469 e. The number of carbonyl (C=O) groups is 1. The smallest absolute Gasteiger partial charge is 0.312 e. The van der Waals surface area contributed by atoms with Crippen molar-refractivity contribution >= 4 is 5.97 Å². The fraction of sp³-hybridized carbons (Fsp3) is 0.833. The van der Waals surface area contributed by atoms with Crippen molar-refractivity contribution in [1.82, 2.24) is 0 Å². The molecule has 1 heterocycles. The van der Waals surface area contributed by atoms with Gasteiger partial charge in [-0.05, 0) is 0 Å². The molecule has 0 spiro atoms. The average molecular weight is 145 g/mol. The summed E-state index contributed by atoms with van der Waals surface area (Å²) in [6.45, 7) is 0.855. The van der Waals surface area contributed by atoms with Gasteiger partial charge in [-0.1, -0.05) is 0 Å². The lowest BCUT2D eigenvalue weighted by Gasteiger charge is -2.08. The molecule has 1 aliphatic heterocycles. The number of nitrogens with two attached hydrogens (primary N) is 1. The van der Waals surface area contributed by atoms with Gasteiger partial charge in [0, 0.05) is 6.04 Å². The van der Waals surface area contributed by atoms with E-state index in [1.165, 1.54) is 7.11 Å². The monoisotopic (exact) mass is 145 g/mol. The van der Waals surface area contributed by atoms with Crippen molar-refractivity contribution in [3.63, 3.8) is 0 Å². The number of carbonyl (C=O) groups excluding carboxylic acids is 1. The van der Waals surface area contributed by atoms with E-state index in [2.05, 4.69) is 4.74 Å². The van der Waals surface area contributed by atoms with E-state index in [1.54, 1.807) is 0 Å². The van der Waals surface area contributed by atoms with Crippen LogP contribution in [-0.2, 0) is 14.3 Å². The first-order chi connectivity index (χ1) is 4.75. The molecule has 1 aliphatic rings. The van der Waals surface area contributed by atoms with Crippen LogP contribution in [0.2, 0.25) is 0 Å². The van der Waals surface area contributed by atoms with Crippen LogP contribution in [-0.4, -0.2) is 32.3 Å². The Hall–Kier alpha value is -0.610. The lowest BCUT2D eigenvalue weighted by Crippen LogP contribution is -2.34. The summed E-state index contributed by atoms with van der Waals surface area (Å²) in [5.41, 5.74) is 5.53. The number of hydrogen-bond acceptors (Lipinski definition) is 4. The van der Waals surface area contributed by atoms with E-state index in [0.717, 1.165) is 0 Å². The Labute approximate surface area is 59.3 Å². The molecular formula is C6H11NO3. The van der Waals surface area contributed by atoms with Gasteiger partial charge in [0.05, 0.1) is 26.2 Å². The standard InChI is InChI=1S/C6H11NO3/c1-9-6(8)4-2-10-3-5(4)7/h4-5H,2-3,7H2,1H3/t4-,5-/m1/s1. The zero-order chi connectivity index (χ0) is 7.56. The summed E-state index contributed by atoms with van der Waals surface area (Å²) >= 11 is 0. The Morgan fingerprint density at radius 1 is 1.70 bits per heavy atom. The van der Waals surface area contributed by atoms with Gasteiger partial charge < -0.3 is 15.2 Å². The van der Waals surface area contributed by atoms with Crippen molar-refractivity contribution < 1.29 is 14.3 Å². The first-order valence-corrected chi connectivity index (χ1v) is 3.17. The first-order valence-electron chi connectivity index (χ1n) is 3.17. The zero-order valence-corrected chi connectivity index (χ0v) is 5.87. The molecule has 0 saturated carbocycles. The van der Waals surface area contributed by atoms with Gasteiger partial charge in [0.15, 0.2) is 0 Å². The average Bonchev–Trinajstić information content (AvgIpc) is 2.34. The molecular weight excluding hydrogens is 134 g/mol. The lowest BCUT2D eigenvalue weighted by atomic mass is 10.1. The second kappa shape index (κ2) is 2.98. The van der Waals surface area contributed by atoms with E-state index >= 15 is 0 Å². The molecule has 4 heteroatoms. The lowest BCUT2D eigenvalue weighted by molar-refractivity contribution is -0.145. The number of hydrogen-bond donors (Lipinski definition) is 1. The van der Waals surface area contributed by atoms with Crippen LogP contribution < -0.4 is 5.73 Å². The second-order valence-corrected chi connectivity index (χ2v) is 2.33. The molecule has 2 atom stereocenters. The Morgan fingerprint density at radius 3 is 2.80 bits per heavy atom. The molecule has 1 rings (SSSR count). The normalized spacial score (nSPS) is 32.2. The quantitative estimate of drug-likeness (QED) is 0.487. The van der Waals surface area contributed by atoms with E-state index in [4.69, 9.17) is 10.5 Å². The molecule has 10 heavy (non-hydrogen) atoms. The Balaban J connectivity index is 2.46.